The van der Waals surface area contributed by atoms with Gasteiger partial charge < -0.3 is 14.8 Å². The molecule has 3 amide bonds. The smallest absolute Gasteiger partial charge is 0.322 e. The maximum atomic E-state index is 12.8. The van der Waals surface area contributed by atoms with Crippen molar-refractivity contribution >= 4 is 22.0 Å². The number of sulfonamides is 1. The van der Waals surface area contributed by atoms with E-state index in [1.54, 1.807) is 12.4 Å². The van der Waals surface area contributed by atoms with Gasteiger partial charge in [-0.15, -0.1) is 0 Å². The van der Waals surface area contributed by atoms with Crippen LogP contribution >= 0.6 is 0 Å². The first kappa shape index (κ1) is 23.0. The summed E-state index contributed by atoms with van der Waals surface area (Å²) in [4.78, 5) is 27.3. The molecule has 2 aromatic rings. The van der Waals surface area contributed by atoms with E-state index in [0.29, 0.717) is 25.2 Å². The lowest BCUT2D eigenvalue weighted by Crippen LogP contribution is -2.53. The molecule has 3 heterocycles. The first-order chi connectivity index (χ1) is 15.7. The number of ether oxygens (including phenoxy) is 2. The largest absolute Gasteiger partial charge is 0.490 e. The summed E-state index contributed by atoms with van der Waals surface area (Å²) in [5.41, 5.74) is -0.443. The van der Waals surface area contributed by atoms with E-state index in [-0.39, 0.29) is 19.2 Å². The summed E-state index contributed by atoms with van der Waals surface area (Å²) in [6.07, 6.45) is 4.36. The topological polar surface area (TPSA) is 127 Å². The number of amides is 3. The molecule has 0 aliphatic carbocycles. The maximum absolute atomic E-state index is 12.8. The van der Waals surface area contributed by atoms with Gasteiger partial charge in [0.05, 0.1) is 5.75 Å². The summed E-state index contributed by atoms with van der Waals surface area (Å²) in [6.45, 7) is 2.42. The van der Waals surface area contributed by atoms with E-state index in [4.69, 9.17) is 9.47 Å². The van der Waals surface area contributed by atoms with Crippen molar-refractivity contribution in [1.82, 2.24) is 19.9 Å². The molecule has 0 spiro atoms. The molecule has 1 atom stereocenters. The Morgan fingerprint density at radius 2 is 1.70 bits per heavy atom. The predicted octanol–water partition coefficient (Wildman–Crippen LogP) is 1.43. The van der Waals surface area contributed by atoms with Gasteiger partial charge in [0, 0.05) is 25.5 Å². The van der Waals surface area contributed by atoms with E-state index < -0.39 is 33.3 Å². The highest BCUT2D eigenvalue weighted by Crippen LogP contribution is 2.25. The monoisotopic (exact) mass is 474 g/mol. The zero-order valence-electron chi connectivity index (χ0n) is 18.2. The van der Waals surface area contributed by atoms with Crippen molar-refractivity contribution in [2.24, 2.45) is 0 Å². The van der Waals surface area contributed by atoms with Crippen LogP contribution in [0, 0.1) is 0 Å². The summed E-state index contributed by atoms with van der Waals surface area (Å²) in [5, 5.41) is 4.48. The number of hydrogen-bond acceptors (Lipinski definition) is 7. The molecule has 176 valence electrons. The van der Waals surface area contributed by atoms with E-state index in [2.05, 4.69) is 15.6 Å². The zero-order valence-corrected chi connectivity index (χ0v) is 19.0. The lowest BCUT2D eigenvalue weighted by molar-refractivity contribution is -0.122. The average Bonchev–Trinajstić information content (AvgIpc) is 3.04. The number of hydrogen-bond donors (Lipinski definition) is 2. The molecule has 2 saturated heterocycles. The van der Waals surface area contributed by atoms with Gasteiger partial charge in [-0.3, -0.25) is 15.1 Å². The molecule has 10 nitrogen and oxygen atoms in total. The summed E-state index contributed by atoms with van der Waals surface area (Å²) >= 11 is 0. The highest BCUT2D eigenvalue weighted by molar-refractivity contribution is 7.89. The Labute approximate surface area is 192 Å². The molecule has 2 N–H and O–H groups in total. The van der Waals surface area contributed by atoms with E-state index in [9.17, 15) is 18.0 Å². The van der Waals surface area contributed by atoms with Crippen molar-refractivity contribution in [2.75, 3.05) is 18.8 Å². The number of rotatable bonds is 8. The SMILES string of the molecule is C[C@]1(CS(=O)(=O)N2CCC(Oc3ccc(OCc4ccncc4)cc3)CC2)NC(=O)NC1=O. The third kappa shape index (κ3) is 5.60. The molecule has 11 heteroatoms. The Morgan fingerprint density at radius 3 is 2.30 bits per heavy atom. The van der Waals surface area contributed by atoms with E-state index in [1.807, 2.05) is 36.4 Å². The molecule has 33 heavy (non-hydrogen) atoms. The van der Waals surface area contributed by atoms with Crippen LogP contribution in [0.25, 0.3) is 0 Å². The Morgan fingerprint density at radius 1 is 1.06 bits per heavy atom. The van der Waals surface area contributed by atoms with Crippen LogP contribution < -0.4 is 20.1 Å². The van der Waals surface area contributed by atoms with Crippen molar-refractivity contribution in [3.8, 4) is 11.5 Å². The summed E-state index contributed by atoms with van der Waals surface area (Å²) in [7, 11) is -3.73. The summed E-state index contributed by atoms with van der Waals surface area (Å²) in [5.74, 6) is 0.286. The molecule has 2 aliphatic rings. The molecular weight excluding hydrogens is 448 g/mol. The fourth-order valence-electron chi connectivity index (χ4n) is 3.82. The van der Waals surface area contributed by atoms with Crippen LogP contribution in [0.2, 0.25) is 0 Å². The number of nitrogens with one attached hydrogen (secondary N) is 2. The fourth-order valence-corrected chi connectivity index (χ4v) is 5.70. The van der Waals surface area contributed by atoms with Crippen molar-refractivity contribution < 1.29 is 27.5 Å². The number of aromatic nitrogens is 1. The van der Waals surface area contributed by atoms with Crippen molar-refractivity contribution in [3.05, 3.63) is 54.4 Å². The molecule has 1 aromatic heterocycles. The highest BCUT2D eigenvalue weighted by Gasteiger charge is 2.46. The Kier molecular flexibility index (Phi) is 6.52. The normalized spacial score (nSPS) is 22.0. The van der Waals surface area contributed by atoms with Gasteiger partial charge >= 0.3 is 6.03 Å². The number of urea groups is 1. The third-order valence-corrected chi connectivity index (χ3v) is 7.76. The Hall–Kier alpha value is -3.18. The molecule has 4 rings (SSSR count). The Bertz CT molecular complexity index is 1100. The number of nitrogens with zero attached hydrogens (tertiary/aromatic N) is 2. The molecular formula is C22H26N4O6S. The zero-order chi connectivity index (χ0) is 23.5. The first-order valence-electron chi connectivity index (χ1n) is 10.6. The van der Waals surface area contributed by atoms with Gasteiger partial charge in [0.15, 0.2) is 0 Å². The molecule has 0 bridgehead atoms. The number of pyridine rings is 1. The van der Waals surface area contributed by atoms with Gasteiger partial charge in [0.25, 0.3) is 5.91 Å². The van der Waals surface area contributed by atoms with Gasteiger partial charge in [-0.05, 0) is 61.7 Å². The minimum absolute atomic E-state index is 0.120. The van der Waals surface area contributed by atoms with Crippen LogP contribution in [0.1, 0.15) is 25.3 Å². The molecule has 2 aliphatic heterocycles. The van der Waals surface area contributed by atoms with Crippen LogP contribution in [0.5, 0.6) is 11.5 Å². The minimum atomic E-state index is -3.73. The second kappa shape index (κ2) is 9.36. The van der Waals surface area contributed by atoms with Crippen LogP contribution in [0.3, 0.4) is 0 Å². The third-order valence-electron chi connectivity index (χ3n) is 5.66. The predicted molar refractivity (Wildman–Crippen MR) is 119 cm³/mol. The lowest BCUT2D eigenvalue weighted by atomic mass is 10.1. The molecule has 0 saturated carbocycles. The second-order valence-electron chi connectivity index (χ2n) is 8.33. The number of benzene rings is 1. The number of carbonyl (C=O) groups excluding carboxylic acids is 2. The molecule has 0 unspecified atom stereocenters. The highest BCUT2D eigenvalue weighted by atomic mass is 32.2. The minimum Gasteiger partial charge on any atom is -0.490 e. The summed E-state index contributed by atoms with van der Waals surface area (Å²) < 4.78 is 38.7. The van der Waals surface area contributed by atoms with Crippen LogP contribution in [0.15, 0.2) is 48.8 Å². The molecule has 1 aromatic carbocycles. The second-order valence-corrected chi connectivity index (χ2v) is 10.3. The summed E-state index contributed by atoms with van der Waals surface area (Å²) in [6, 6.07) is 10.4. The first-order valence-corrected chi connectivity index (χ1v) is 12.2. The number of imide groups is 1. The molecule has 0 radical (unpaired) electrons. The lowest BCUT2D eigenvalue weighted by Gasteiger charge is -2.33. The van der Waals surface area contributed by atoms with Gasteiger partial charge in [0.1, 0.15) is 29.7 Å². The van der Waals surface area contributed by atoms with Gasteiger partial charge in [-0.2, -0.15) is 0 Å². The van der Waals surface area contributed by atoms with Crippen molar-refractivity contribution in [3.63, 3.8) is 0 Å². The Balaban J connectivity index is 1.26. The van der Waals surface area contributed by atoms with Crippen LogP contribution in [-0.2, 0) is 21.4 Å². The fraction of sp³-hybridized carbons (Fsp3) is 0.409. The number of piperidine rings is 1. The van der Waals surface area contributed by atoms with Crippen molar-refractivity contribution in [1.29, 1.82) is 0 Å². The quantitative estimate of drug-likeness (QED) is 0.554. The van der Waals surface area contributed by atoms with Crippen LogP contribution in [0.4, 0.5) is 4.79 Å². The average molecular weight is 475 g/mol. The van der Waals surface area contributed by atoms with E-state index >= 15 is 0 Å². The van der Waals surface area contributed by atoms with E-state index in [1.165, 1.54) is 11.2 Å². The number of carbonyl (C=O) groups is 2. The van der Waals surface area contributed by atoms with Crippen molar-refractivity contribution in [2.45, 2.75) is 38.0 Å². The van der Waals surface area contributed by atoms with E-state index in [0.717, 1.165) is 11.3 Å². The van der Waals surface area contributed by atoms with Crippen LogP contribution in [-0.4, -0.2) is 60.1 Å². The standard InChI is InChI=1S/C22H26N4O6S/c1-22(20(27)24-21(28)25-22)15-33(29,30)26-12-8-19(9-13-26)32-18-4-2-17(3-5-18)31-14-16-6-10-23-11-7-16/h2-7,10-11,19H,8-9,12-15H2,1H3,(H2,24,25,27,28)/t22-/m1/s1. The van der Waals surface area contributed by atoms with Gasteiger partial charge in [0.2, 0.25) is 10.0 Å². The molecule has 2 fully saturated rings. The van der Waals surface area contributed by atoms with Gasteiger partial charge in [-0.1, -0.05) is 0 Å². The van der Waals surface area contributed by atoms with Gasteiger partial charge in [-0.25, -0.2) is 17.5 Å². The maximum Gasteiger partial charge on any atom is 0.322 e.